The smallest absolute Gasteiger partial charge is 0.322 e. The van der Waals surface area contributed by atoms with Gasteiger partial charge in [-0.3, -0.25) is 14.1 Å². The maximum absolute atomic E-state index is 13.6. The number of amides is 2. The molecule has 1 aliphatic heterocycles. The van der Waals surface area contributed by atoms with E-state index < -0.39 is 13.9 Å². The Balaban J connectivity index is 1.60. The maximum Gasteiger partial charge on any atom is 0.470 e. The molecule has 0 radical (unpaired) electrons. The van der Waals surface area contributed by atoms with E-state index in [9.17, 15) is 23.9 Å². The number of phosphoric ester groups is 1. The summed E-state index contributed by atoms with van der Waals surface area (Å²) in [5.74, 6) is -0.518. The van der Waals surface area contributed by atoms with Gasteiger partial charge in [-0.05, 0) is 80.8 Å². The lowest BCUT2D eigenvalue weighted by Gasteiger charge is -2.25. The van der Waals surface area contributed by atoms with E-state index in [2.05, 4.69) is 5.32 Å². The fraction of sp³-hybridized carbons (Fsp3) is 0.231. The number of carbonyl (C=O) groups excluding carboxylic acids is 2. The molecule has 10 heteroatoms. The zero-order valence-corrected chi connectivity index (χ0v) is 21.4. The summed E-state index contributed by atoms with van der Waals surface area (Å²) in [5.41, 5.74) is 4.12. The van der Waals surface area contributed by atoms with Crippen LogP contribution in [0, 0.1) is 13.8 Å². The average molecular weight is 529 g/mol. The number of nitrogens with one attached hydrogen (secondary N) is 1. The van der Waals surface area contributed by atoms with Gasteiger partial charge in [0, 0.05) is 39.6 Å². The molecule has 36 heavy (non-hydrogen) atoms. The highest BCUT2D eigenvalue weighted by Crippen LogP contribution is 2.47. The Hall–Kier alpha value is -3.00. The van der Waals surface area contributed by atoms with Crippen LogP contribution in [0.5, 0.6) is 0 Å². The monoisotopic (exact) mass is 528 g/mol. The van der Waals surface area contributed by atoms with E-state index in [0.29, 0.717) is 58.0 Å². The van der Waals surface area contributed by atoms with Crippen LogP contribution in [0.15, 0.2) is 60.7 Å². The second-order valence-electron chi connectivity index (χ2n) is 8.74. The van der Waals surface area contributed by atoms with E-state index in [-0.39, 0.29) is 11.8 Å². The summed E-state index contributed by atoms with van der Waals surface area (Å²) in [6, 6.07) is 17.2. The molecule has 0 spiro atoms. The first-order chi connectivity index (χ1) is 17.0. The minimum atomic E-state index is -4.76. The molecule has 1 unspecified atom stereocenters. The molecule has 1 aliphatic rings. The fourth-order valence-corrected chi connectivity index (χ4v) is 5.07. The maximum atomic E-state index is 13.6. The van der Waals surface area contributed by atoms with Crippen molar-refractivity contribution in [1.29, 1.82) is 0 Å². The summed E-state index contributed by atoms with van der Waals surface area (Å²) in [7, 11) is -4.76. The Kier molecular flexibility index (Phi) is 7.64. The third-order valence-corrected chi connectivity index (χ3v) is 6.74. The van der Waals surface area contributed by atoms with Gasteiger partial charge in [-0.2, -0.15) is 0 Å². The van der Waals surface area contributed by atoms with Crippen LogP contribution in [0.4, 0.5) is 11.4 Å². The molecule has 4 rings (SSSR count). The van der Waals surface area contributed by atoms with Gasteiger partial charge < -0.3 is 20.0 Å². The van der Waals surface area contributed by atoms with Crippen LogP contribution in [-0.4, -0.2) is 28.1 Å². The molecule has 0 aromatic heterocycles. The number of fused-ring (bicyclic) bond motifs is 1. The number of hydrogen-bond donors (Lipinski definition) is 3. The minimum absolute atomic E-state index is 0.244. The molecule has 3 N–H and O–H groups in total. The van der Waals surface area contributed by atoms with Crippen LogP contribution in [0.3, 0.4) is 0 Å². The van der Waals surface area contributed by atoms with Gasteiger partial charge in [0.1, 0.15) is 0 Å². The van der Waals surface area contributed by atoms with Gasteiger partial charge >= 0.3 is 7.82 Å². The van der Waals surface area contributed by atoms with E-state index >= 15 is 0 Å². The van der Waals surface area contributed by atoms with Gasteiger partial charge in [-0.15, -0.1) is 0 Å². The van der Waals surface area contributed by atoms with Crippen molar-refractivity contribution in [2.75, 3.05) is 16.8 Å². The number of aryl methyl sites for hydroxylation is 2. The molecule has 0 aliphatic carbocycles. The van der Waals surface area contributed by atoms with Crippen LogP contribution >= 0.6 is 19.4 Å². The van der Waals surface area contributed by atoms with Crippen molar-refractivity contribution in [3.63, 3.8) is 0 Å². The van der Waals surface area contributed by atoms with Crippen molar-refractivity contribution in [3.05, 3.63) is 93.5 Å². The Morgan fingerprint density at radius 1 is 1.08 bits per heavy atom. The van der Waals surface area contributed by atoms with Crippen LogP contribution < -0.4 is 10.2 Å². The number of halogens is 1. The molecule has 0 saturated heterocycles. The van der Waals surface area contributed by atoms with Gasteiger partial charge in [0.15, 0.2) is 0 Å². The first-order valence-corrected chi connectivity index (χ1v) is 13.3. The summed E-state index contributed by atoms with van der Waals surface area (Å²) in [6.07, 6.45) is -0.130. The summed E-state index contributed by atoms with van der Waals surface area (Å²) < 4.78 is 16.6. The SMILES string of the molecule is Cc1cccc(C(=O)Nc2ccc(C(=O)N3CCCC(OP(=O)(O)O)c4cc(Cl)ccc43)c(C)c2)c1. The predicted molar refractivity (Wildman–Crippen MR) is 139 cm³/mol. The van der Waals surface area contributed by atoms with Gasteiger partial charge in [-0.25, -0.2) is 4.57 Å². The molecule has 8 nitrogen and oxygen atoms in total. The van der Waals surface area contributed by atoms with Crippen molar-refractivity contribution in [3.8, 4) is 0 Å². The summed E-state index contributed by atoms with van der Waals surface area (Å²) >= 11 is 6.16. The number of anilines is 2. The fourth-order valence-electron chi connectivity index (χ4n) is 4.34. The molecular weight excluding hydrogens is 503 g/mol. The first-order valence-electron chi connectivity index (χ1n) is 11.4. The van der Waals surface area contributed by atoms with E-state index in [1.165, 1.54) is 0 Å². The average Bonchev–Trinajstić information content (AvgIpc) is 2.97. The molecule has 0 fully saturated rings. The predicted octanol–water partition coefficient (Wildman–Crippen LogP) is 5.80. The number of nitrogens with zero attached hydrogens (tertiary/aromatic N) is 1. The molecule has 1 atom stereocenters. The quantitative estimate of drug-likeness (QED) is 0.360. The Bertz CT molecular complexity index is 1370. The van der Waals surface area contributed by atoms with E-state index in [1.54, 1.807) is 60.4 Å². The first kappa shape index (κ1) is 26.1. The van der Waals surface area contributed by atoms with Crippen LogP contribution in [0.1, 0.15) is 56.4 Å². The number of benzene rings is 3. The summed E-state index contributed by atoms with van der Waals surface area (Å²) in [4.78, 5) is 46.5. The third-order valence-electron chi connectivity index (χ3n) is 5.98. The van der Waals surface area contributed by atoms with Gasteiger partial charge in [0.25, 0.3) is 11.8 Å². The van der Waals surface area contributed by atoms with E-state index in [0.717, 1.165) is 5.56 Å². The number of carbonyl (C=O) groups is 2. The molecule has 1 heterocycles. The highest BCUT2D eigenvalue weighted by molar-refractivity contribution is 7.46. The highest BCUT2D eigenvalue weighted by Gasteiger charge is 2.32. The standard InChI is InChI=1S/C26H26ClN2O6P/c1-16-5-3-6-18(13-16)25(30)28-20-9-10-21(17(2)14-20)26(31)29-12-4-7-24(35-36(32,33)34)22-15-19(27)8-11-23(22)29/h3,5-6,8-11,13-15,24H,4,7,12H2,1-2H3,(H,28,30)(H2,32,33,34). The van der Waals surface area contributed by atoms with Crippen molar-refractivity contribution in [1.82, 2.24) is 0 Å². The molecule has 2 amide bonds. The molecule has 3 aromatic carbocycles. The molecule has 3 aromatic rings. The zero-order valence-electron chi connectivity index (χ0n) is 19.8. The second-order valence-corrected chi connectivity index (χ2v) is 10.4. The summed E-state index contributed by atoms with van der Waals surface area (Å²) in [5, 5.41) is 3.23. The molecule has 0 saturated carbocycles. The Morgan fingerprint density at radius 3 is 2.56 bits per heavy atom. The Labute approximate surface area is 214 Å². The Morgan fingerprint density at radius 2 is 1.86 bits per heavy atom. The molecule has 188 valence electrons. The van der Waals surface area contributed by atoms with Gasteiger partial charge in [0.2, 0.25) is 0 Å². The highest BCUT2D eigenvalue weighted by atomic mass is 35.5. The van der Waals surface area contributed by atoms with Crippen molar-refractivity contribution in [2.45, 2.75) is 32.8 Å². The topological polar surface area (TPSA) is 116 Å². The van der Waals surface area contributed by atoms with Crippen molar-refractivity contribution < 1.29 is 28.5 Å². The van der Waals surface area contributed by atoms with Crippen molar-refractivity contribution in [2.24, 2.45) is 0 Å². The second kappa shape index (κ2) is 10.5. The lowest BCUT2D eigenvalue weighted by Crippen LogP contribution is -2.32. The normalized spacial score (nSPS) is 15.7. The number of hydrogen-bond acceptors (Lipinski definition) is 4. The van der Waals surface area contributed by atoms with Crippen LogP contribution in [0.25, 0.3) is 0 Å². The minimum Gasteiger partial charge on any atom is -0.322 e. The van der Waals surface area contributed by atoms with Gasteiger partial charge in [-0.1, -0.05) is 29.3 Å². The molecule has 0 bridgehead atoms. The largest absolute Gasteiger partial charge is 0.470 e. The number of phosphoric acid groups is 1. The van der Waals surface area contributed by atoms with E-state index in [4.69, 9.17) is 16.1 Å². The lowest BCUT2D eigenvalue weighted by molar-refractivity contribution is 0.0984. The van der Waals surface area contributed by atoms with Gasteiger partial charge in [0.05, 0.1) is 6.10 Å². The van der Waals surface area contributed by atoms with Crippen LogP contribution in [-0.2, 0) is 9.09 Å². The summed E-state index contributed by atoms with van der Waals surface area (Å²) in [6.45, 7) is 4.03. The molecular formula is C26H26ClN2O6P. The number of rotatable bonds is 5. The van der Waals surface area contributed by atoms with Crippen LogP contribution in [0.2, 0.25) is 5.02 Å². The zero-order chi connectivity index (χ0) is 26.0. The third kappa shape index (κ3) is 6.03. The van der Waals surface area contributed by atoms with E-state index in [1.807, 2.05) is 19.1 Å². The van der Waals surface area contributed by atoms with Crippen molar-refractivity contribution >= 4 is 42.6 Å². The lowest BCUT2D eigenvalue weighted by atomic mass is 10.0.